The molecule has 0 saturated heterocycles. The van der Waals surface area contributed by atoms with Crippen molar-refractivity contribution in [3.63, 3.8) is 0 Å². The summed E-state index contributed by atoms with van der Waals surface area (Å²) in [6, 6.07) is 4.43. The van der Waals surface area contributed by atoms with E-state index in [9.17, 15) is 13.2 Å². The topological polar surface area (TPSA) is 35.2 Å². The van der Waals surface area contributed by atoms with Crippen LogP contribution in [0.5, 0.6) is 0 Å². The van der Waals surface area contributed by atoms with Crippen LogP contribution >= 0.6 is 0 Å². The van der Waals surface area contributed by atoms with Crippen molar-refractivity contribution < 1.29 is 17.9 Å². The molecule has 2 nitrogen and oxygen atoms in total. The molecule has 5 heteroatoms. The molecule has 0 radical (unpaired) electrons. The van der Waals surface area contributed by atoms with Gasteiger partial charge in [0, 0.05) is 7.11 Å². The molecule has 0 aliphatic heterocycles. The predicted molar refractivity (Wildman–Crippen MR) is 54.8 cm³/mol. The van der Waals surface area contributed by atoms with Crippen LogP contribution in [-0.2, 0) is 10.9 Å². The van der Waals surface area contributed by atoms with Gasteiger partial charge in [-0.2, -0.15) is 13.2 Å². The second kappa shape index (κ2) is 4.84. The predicted octanol–water partition coefficient (Wildman–Crippen LogP) is 2.74. The first kappa shape index (κ1) is 13.0. The molecule has 0 saturated carbocycles. The van der Waals surface area contributed by atoms with Crippen LogP contribution in [0, 0.1) is 0 Å². The van der Waals surface area contributed by atoms with Crippen LogP contribution in [0.2, 0.25) is 0 Å². The van der Waals surface area contributed by atoms with Crippen molar-refractivity contribution in [2.75, 3.05) is 7.11 Å². The molecule has 0 heterocycles. The van der Waals surface area contributed by atoms with E-state index in [1.54, 1.807) is 13.0 Å². The zero-order chi connectivity index (χ0) is 12.3. The molecule has 1 rings (SSSR count). The van der Waals surface area contributed by atoms with Crippen LogP contribution in [0.15, 0.2) is 24.3 Å². The minimum atomic E-state index is -4.34. The van der Waals surface area contributed by atoms with Gasteiger partial charge in [-0.3, -0.25) is 0 Å². The zero-order valence-electron chi connectivity index (χ0n) is 9.08. The van der Waals surface area contributed by atoms with E-state index in [1.165, 1.54) is 13.2 Å². The Balaban J connectivity index is 2.99. The van der Waals surface area contributed by atoms with Crippen molar-refractivity contribution >= 4 is 0 Å². The minimum Gasteiger partial charge on any atom is -0.380 e. The van der Waals surface area contributed by atoms with Gasteiger partial charge in [0.25, 0.3) is 0 Å². The molecule has 1 aromatic rings. The lowest BCUT2D eigenvalue weighted by atomic mass is 10.0. The van der Waals surface area contributed by atoms with Gasteiger partial charge >= 0.3 is 6.18 Å². The van der Waals surface area contributed by atoms with Crippen LogP contribution in [0.1, 0.15) is 24.1 Å². The molecule has 0 bridgehead atoms. The second-order valence-electron chi connectivity index (χ2n) is 3.59. The summed E-state index contributed by atoms with van der Waals surface area (Å²) in [6.45, 7) is 1.71. The highest BCUT2D eigenvalue weighted by molar-refractivity contribution is 5.28. The summed E-state index contributed by atoms with van der Waals surface area (Å²) < 4.78 is 42.3. The third kappa shape index (κ3) is 2.96. The first-order valence-corrected chi connectivity index (χ1v) is 4.81. The van der Waals surface area contributed by atoms with Crippen molar-refractivity contribution in [1.29, 1.82) is 0 Å². The van der Waals surface area contributed by atoms with E-state index in [-0.39, 0.29) is 6.10 Å². The fourth-order valence-corrected chi connectivity index (χ4v) is 1.34. The van der Waals surface area contributed by atoms with E-state index >= 15 is 0 Å². The molecule has 0 aliphatic rings. The number of rotatable bonds is 3. The van der Waals surface area contributed by atoms with Crippen molar-refractivity contribution in [3.8, 4) is 0 Å². The minimum absolute atomic E-state index is 0.330. The Kier molecular flexibility index (Phi) is 3.93. The summed E-state index contributed by atoms with van der Waals surface area (Å²) in [4.78, 5) is 0. The summed E-state index contributed by atoms with van der Waals surface area (Å²) in [5, 5.41) is 0. The molecule has 2 N–H and O–H groups in total. The number of halogens is 3. The van der Waals surface area contributed by atoms with E-state index in [1.807, 2.05) is 0 Å². The zero-order valence-corrected chi connectivity index (χ0v) is 9.08. The summed E-state index contributed by atoms with van der Waals surface area (Å²) >= 11 is 0. The molecular formula is C11H14F3NO. The quantitative estimate of drug-likeness (QED) is 0.871. The highest BCUT2D eigenvalue weighted by Gasteiger charge is 2.31. The molecule has 1 aromatic carbocycles. The molecule has 2 unspecified atom stereocenters. The van der Waals surface area contributed by atoms with Crippen molar-refractivity contribution in [1.82, 2.24) is 0 Å². The van der Waals surface area contributed by atoms with Gasteiger partial charge in [0.2, 0.25) is 0 Å². The standard InChI is InChI=1S/C11H14F3NO/c1-7(16-2)10(15)8-4-3-5-9(6-8)11(12,13)14/h3-7,10H,15H2,1-2H3. The van der Waals surface area contributed by atoms with Gasteiger partial charge in [-0.05, 0) is 24.6 Å². The maximum absolute atomic E-state index is 12.4. The van der Waals surface area contributed by atoms with E-state index in [2.05, 4.69) is 0 Å². The van der Waals surface area contributed by atoms with Crippen LogP contribution in [0.3, 0.4) is 0 Å². The number of hydrogen-bond donors (Lipinski definition) is 1. The van der Waals surface area contributed by atoms with Gasteiger partial charge in [-0.15, -0.1) is 0 Å². The third-order valence-electron chi connectivity index (χ3n) is 2.48. The average Bonchev–Trinajstić information content (AvgIpc) is 2.26. The van der Waals surface area contributed by atoms with Gasteiger partial charge in [-0.1, -0.05) is 12.1 Å². The largest absolute Gasteiger partial charge is 0.416 e. The Morgan fingerprint density at radius 3 is 2.44 bits per heavy atom. The lowest BCUT2D eigenvalue weighted by molar-refractivity contribution is -0.137. The normalized spacial score (nSPS) is 15.9. The SMILES string of the molecule is COC(C)C(N)c1cccc(C(F)(F)F)c1. The first-order valence-electron chi connectivity index (χ1n) is 4.81. The number of benzene rings is 1. The lowest BCUT2D eigenvalue weighted by Gasteiger charge is -2.19. The fraction of sp³-hybridized carbons (Fsp3) is 0.455. The number of methoxy groups -OCH3 is 1. The highest BCUT2D eigenvalue weighted by Crippen LogP contribution is 2.31. The van der Waals surface area contributed by atoms with Gasteiger partial charge in [-0.25, -0.2) is 0 Å². The van der Waals surface area contributed by atoms with Gasteiger partial charge in [0.1, 0.15) is 0 Å². The molecule has 2 atom stereocenters. The summed E-state index contributed by atoms with van der Waals surface area (Å²) in [6.07, 6.45) is -4.67. The molecule has 0 spiro atoms. The summed E-state index contributed by atoms with van der Waals surface area (Å²) in [7, 11) is 1.47. The summed E-state index contributed by atoms with van der Waals surface area (Å²) in [5.74, 6) is 0. The molecule has 16 heavy (non-hydrogen) atoms. The van der Waals surface area contributed by atoms with Crippen molar-refractivity contribution in [2.45, 2.75) is 25.2 Å². The van der Waals surface area contributed by atoms with E-state index < -0.39 is 17.8 Å². The molecule has 90 valence electrons. The van der Waals surface area contributed by atoms with E-state index in [0.717, 1.165) is 12.1 Å². The molecular weight excluding hydrogens is 219 g/mol. The molecule has 0 aromatic heterocycles. The Morgan fingerprint density at radius 1 is 1.31 bits per heavy atom. The Morgan fingerprint density at radius 2 is 1.94 bits per heavy atom. The smallest absolute Gasteiger partial charge is 0.380 e. The van der Waals surface area contributed by atoms with Crippen LogP contribution in [-0.4, -0.2) is 13.2 Å². The number of ether oxygens (including phenoxy) is 1. The Bertz CT molecular complexity index is 351. The van der Waals surface area contributed by atoms with E-state index in [0.29, 0.717) is 5.56 Å². The number of nitrogens with two attached hydrogens (primary N) is 1. The molecule has 0 aliphatic carbocycles. The lowest BCUT2D eigenvalue weighted by Crippen LogP contribution is -2.25. The number of alkyl halides is 3. The highest BCUT2D eigenvalue weighted by atomic mass is 19.4. The monoisotopic (exact) mass is 233 g/mol. The Hall–Kier alpha value is -1.07. The molecule has 0 fully saturated rings. The molecule has 0 amide bonds. The van der Waals surface area contributed by atoms with Crippen molar-refractivity contribution in [2.24, 2.45) is 5.73 Å². The van der Waals surface area contributed by atoms with Gasteiger partial charge < -0.3 is 10.5 Å². The average molecular weight is 233 g/mol. The van der Waals surface area contributed by atoms with Gasteiger partial charge in [0.15, 0.2) is 0 Å². The third-order valence-corrected chi connectivity index (χ3v) is 2.48. The maximum atomic E-state index is 12.4. The van der Waals surface area contributed by atoms with Crippen molar-refractivity contribution in [3.05, 3.63) is 35.4 Å². The second-order valence-corrected chi connectivity index (χ2v) is 3.59. The van der Waals surface area contributed by atoms with E-state index in [4.69, 9.17) is 10.5 Å². The number of hydrogen-bond acceptors (Lipinski definition) is 2. The summed E-state index contributed by atoms with van der Waals surface area (Å²) in [5.41, 5.74) is 5.50. The fourth-order valence-electron chi connectivity index (χ4n) is 1.34. The first-order chi connectivity index (χ1) is 7.36. The maximum Gasteiger partial charge on any atom is 0.416 e. The van der Waals surface area contributed by atoms with Crippen LogP contribution < -0.4 is 5.73 Å². The van der Waals surface area contributed by atoms with Crippen LogP contribution in [0.4, 0.5) is 13.2 Å². The Labute approximate surface area is 92.2 Å². The van der Waals surface area contributed by atoms with Gasteiger partial charge in [0.05, 0.1) is 17.7 Å². The van der Waals surface area contributed by atoms with Crippen LogP contribution in [0.25, 0.3) is 0 Å².